The number of methoxy groups -OCH3 is 2. The lowest BCUT2D eigenvalue weighted by Crippen LogP contribution is -2.60. The zero-order valence-corrected chi connectivity index (χ0v) is 17.2. The maximum absolute atomic E-state index is 13.2. The second-order valence-corrected chi connectivity index (χ2v) is 8.37. The number of fused-ring (bicyclic) bond motifs is 2. The van der Waals surface area contributed by atoms with Crippen molar-refractivity contribution in [3.8, 4) is 11.5 Å². The molecule has 2 heterocycles. The fraction of sp³-hybridized carbons (Fsp3) is 0.619. The second kappa shape index (κ2) is 7.99. The number of piperidine rings is 1. The van der Waals surface area contributed by atoms with Crippen molar-refractivity contribution in [1.29, 1.82) is 0 Å². The summed E-state index contributed by atoms with van der Waals surface area (Å²) < 4.78 is 21.8. The second-order valence-electron chi connectivity index (χ2n) is 8.37. The molecule has 0 saturated carbocycles. The Morgan fingerprint density at radius 1 is 1.00 bits per heavy atom. The van der Waals surface area contributed by atoms with Crippen molar-refractivity contribution >= 4 is 11.9 Å². The Bertz CT molecular complexity index is 705. The van der Waals surface area contributed by atoms with E-state index in [1.165, 1.54) is 0 Å². The highest BCUT2D eigenvalue weighted by molar-refractivity contribution is 5.98. The Morgan fingerprint density at radius 2 is 1.54 bits per heavy atom. The Kier molecular flexibility index (Phi) is 5.84. The van der Waals surface area contributed by atoms with E-state index in [4.69, 9.17) is 18.9 Å². The summed E-state index contributed by atoms with van der Waals surface area (Å²) in [7, 11) is 3.12. The van der Waals surface area contributed by atoms with E-state index in [-0.39, 0.29) is 29.9 Å². The van der Waals surface area contributed by atoms with Crippen molar-refractivity contribution in [1.82, 2.24) is 4.90 Å². The normalized spacial score (nSPS) is 24.5. The van der Waals surface area contributed by atoms with E-state index < -0.39 is 5.60 Å². The number of hydrogen-bond acceptors (Lipinski definition) is 6. The van der Waals surface area contributed by atoms with Gasteiger partial charge in [-0.25, -0.2) is 4.79 Å². The molecule has 2 bridgehead atoms. The molecule has 2 atom stereocenters. The van der Waals surface area contributed by atoms with Crippen LogP contribution < -0.4 is 9.47 Å². The van der Waals surface area contributed by atoms with Crippen molar-refractivity contribution in [2.45, 2.75) is 51.3 Å². The standard InChI is InChI=1S/C21H29NO6/c1-21(2,3)28-20(24)22-15-6-13(7-16(22)12-27-11-15)19(23)14-8-17(25-4)10-18(9-14)26-5/h8-10,13,15-16H,6-7,11-12H2,1-5H3. The maximum Gasteiger partial charge on any atom is 0.410 e. The molecule has 2 unspecified atom stereocenters. The quantitative estimate of drug-likeness (QED) is 0.733. The number of amides is 1. The molecule has 28 heavy (non-hydrogen) atoms. The first kappa shape index (κ1) is 20.5. The van der Waals surface area contributed by atoms with Crippen LogP contribution in [0.2, 0.25) is 0 Å². The van der Waals surface area contributed by atoms with Crippen LogP contribution >= 0.6 is 0 Å². The Hall–Kier alpha value is -2.28. The van der Waals surface area contributed by atoms with Gasteiger partial charge in [0.05, 0.1) is 39.5 Å². The molecule has 0 spiro atoms. The van der Waals surface area contributed by atoms with Crippen LogP contribution in [0.15, 0.2) is 18.2 Å². The largest absolute Gasteiger partial charge is 0.497 e. The van der Waals surface area contributed by atoms with E-state index in [9.17, 15) is 9.59 Å². The van der Waals surface area contributed by atoms with Crippen LogP contribution in [-0.2, 0) is 9.47 Å². The van der Waals surface area contributed by atoms with Gasteiger partial charge in [-0.2, -0.15) is 0 Å². The van der Waals surface area contributed by atoms with E-state index in [2.05, 4.69) is 0 Å². The number of rotatable bonds is 4. The van der Waals surface area contributed by atoms with Crippen LogP contribution in [0.5, 0.6) is 11.5 Å². The third-order valence-corrected chi connectivity index (χ3v) is 5.13. The van der Waals surface area contributed by atoms with Crippen LogP contribution in [0, 0.1) is 5.92 Å². The lowest BCUT2D eigenvalue weighted by Gasteiger charge is -2.47. The first-order valence-corrected chi connectivity index (χ1v) is 9.58. The predicted octanol–water partition coefficient (Wildman–Crippen LogP) is 3.30. The number of Topliss-reactive ketones (excluding diaryl/α,β-unsaturated/α-hetero) is 1. The number of nitrogens with zero attached hydrogens (tertiary/aromatic N) is 1. The van der Waals surface area contributed by atoms with E-state index in [0.29, 0.717) is 43.1 Å². The molecule has 2 aliphatic rings. The first-order valence-electron chi connectivity index (χ1n) is 9.58. The van der Waals surface area contributed by atoms with Gasteiger partial charge in [-0.1, -0.05) is 0 Å². The summed E-state index contributed by atoms with van der Waals surface area (Å²) in [6.45, 7) is 6.39. The molecule has 1 aromatic carbocycles. The van der Waals surface area contributed by atoms with Gasteiger partial charge in [0.25, 0.3) is 0 Å². The molecule has 154 valence electrons. The number of ether oxygens (including phenoxy) is 4. The molecule has 7 nitrogen and oxygen atoms in total. The monoisotopic (exact) mass is 391 g/mol. The fourth-order valence-corrected chi connectivity index (χ4v) is 3.93. The highest BCUT2D eigenvalue weighted by atomic mass is 16.6. The molecule has 2 saturated heterocycles. The molecule has 2 fully saturated rings. The van der Waals surface area contributed by atoms with Gasteiger partial charge in [0.15, 0.2) is 5.78 Å². The minimum atomic E-state index is -0.559. The minimum Gasteiger partial charge on any atom is -0.497 e. The van der Waals surface area contributed by atoms with Gasteiger partial charge in [0.2, 0.25) is 0 Å². The van der Waals surface area contributed by atoms with Gasteiger partial charge < -0.3 is 18.9 Å². The van der Waals surface area contributed by atoms with Crippen molar-refractivity contribution < 1.29 is 28.5 Å². The number of carbonyl (C=O) groups excluding carboxylic acids is 2. The van der Waals surface area contributed by atoms with Crippen molar-refractivity contribution in [3.63, 3.8) is 0 Å². The molecule has 1 aromatic rings. The predicted molar refractivity (Wildman–Crippen MR) is 103 cm³/mol. The van der Waals surface area contributed by atoms with Gasteiger partial charge in [-0.05, 0) is 45.7 Å². The summed E-state index contributed by atoms with van der Waals surface area (Å²) in [4.78, 5) is 27.6. The minimum absolute atomic E-state index is 0.0398. The molecular formula is C21H29NO6. The zero-order valence-electron chi connectivity index (χ0n) is 17.2. The van der Waals surface area contributed by atoms with Crippen LogP contribution in [0.3, 0.4) is 0 Å². The number of carbonyl (C=O) groups is 2. The van der Waals surface area contributed by atoms with Crippen molar-refractivity contribution in [3.05, 3.63) is 23.8 Å². The zero-order chi connectivity index (χ0) is 20.5. The summed E-state index contributed by atoms with van der Waals surface area (Å²) >= 11 is 0. The molecule has 0 N–H and O–H groups in total. The lowest BCUT2D eigenvalue weighted by molar-refractivity contribution is -0.0861. The fourth-order valence-electron chi connectivity index (χ4n) is 3.93. The van der Waals surface area contributed by atoms with E-state index in [1.54, 1.807) is 37.3 Å². The highest BCUT2D eigenvalue weighted by Crippen LogP contribution is 2.35. The van der Waals surface area contributed by atoms with E-state index >= 15 is 0 Å². The van der Waals surface area contributed by atoms with Gasteiger partial charge in [-0.15, -0.1) is 0 Å². The summed E-state index contributed by atoms with van der Waals surface area (Å²) in [6, 6.07) is 4.88. The van der Waals surface area contributed by atoms with Gasteiger partial charge in [0, 0.05) is 17.5 Å². The van der Waals surface area contributed by atoms with E-state index in [1.807, 2.05) is 20.8 Å². The molecule has 2 aliphatic heterocycles. The van der Waals surface area contributed by atoms with Gasteiger partial charge in [-0.3, -0.25) is 9.69 Å². The van der Waals surface area contributed by atoms with E-state index in [0.717, 1.165) is 0 Å². The van der Waals surface area contributed by atoms with Crippen LogP contribution in [0.4, 0.5) is 4.79 Å². The third-order valence-electron chi connectivity index (χ3n) is 5.13. The average Bonchev–Trinajstić information content (AvgIpc) is 2.64. The highest BCUT2D eigenvalue weighted by Gasteiger charge is 2.45. The summed E-state index contributed by atoms with van der Waals surface area (Å²) in [5.74, 6) is 1.02. The van der Waals surface area contributed by atoms with Crippen molar-refractivity contribution in [2.24, 2.45) is 5.92 Å². The Labute approximate surface area is 165 Å². The average molecular weight is 391 g/mol. The Balaban J connectivity index is 1.78. The summed E-state index contributed by atoms with van der Waals surface area (Å²) in [5, 5.41) is 0. The van der Waals surface area contributed by atoms with Crippen LogP contribution in [0.25, 0.3) is 0 Å². The summed E-state index contributed by atoms with van der Waals surface area (Å²) in [6.07, 6.45) is 0.766. The topological polar surface area (TPSA) is 74.3 Å². The number of hydrogen-bond donors (Lipinski definition) is 0. The molecule has 1 amide bonds. The molecule has 0 aliphatic carbocycles. The van der Waals surface area contributed by atoms with Crippen LogP contribution in [-0.4, -0.2) is 61.9 Å². The number of ketones is 1. The molecule has 0 radical (unpaired) electrons. The smallest absolute Gasteiger partial charge is 0.410 e. The van der Waals surface area contributed by atoms with Crippen molar-refractivity contribution in [2.75, 3.05) is 27.4 Å². The Morgan fingerprint density at radius 3 is 2.00 bits per heavy atom. The number of benzene rings is 1. The SMILES string of the molecule is COc1cc(OC)cc(C(=O)C2CC3COCC(C2)N3C(=O)OC(C)(C)C)c1. The molecular weight excluding hydrogens is 362 g/mol. The first-order chi connectivity index (χ1) is 13.2. The van der Waals surface area contributed by atoms with Crippen LogP contribution in [0.1, 0.15) is 44.0 Å². The molecule has 3 rings (SSSR count). The maximum atomic E-state index is 13.2. The molecule has 0 aromatic heterocycles. The third kappa shape index (κ3) is 4.41. The summed E-state index contributed by atoms with van der Waals surface area (Å²) in [5.41, 5.74) is 0.00155. The van der Waals surface area contributed by atoms with Gasteiger partial charge >= 0.3 is 6.09 Å². The lowest BCUT2D eigenvalue weighted by atomic mass is 9.81. The molecule has 7 heteroatoms. The van der Waals surface area contributed by atoms with Gasteiger partial charge in [0.1, 0.15) is 17.1 Å². The number of morpholine rings is 1.